The van der Waals surface area contributed by atoms with Gasteiger partial charge in [-0.2, -0.15) is 13.2 Å². The summed E-state index contributed by atoms with van der Waals surface area (Å²) in [6, 6.07) is 8.66. The highest BCUT2D eigenvalue weighted by Crippen LogP contribution is 2.31. The van der Waals surface area contributed by atoms with Crippen LogP contribution in [0.1, 0.15) is 33.6 Å². The maximum atomic E-state index is 12.7. The molecule has 0 atom stereocenters. The van der Waals surface area contributed by atoms with E-state index in [0.717, 1.165) is 18.2 Å². The highest BCUT2D eigenvalue weighted by molar-refractivity contribution is 7.89. The van der Waals surface area contributed by atoms with E-state index < -0.39 is 27.7 Å². The average Bonchev–Trinajstić information content (AvgIpc) is 3.19. The summed E-state index contributed by atoms with van der Waals surface area (Å²) in [6.07, 6.45) is -3.49. The number of halogens is 3. The van der Waals surface area contributed by atoms with Crippen molar-refractivity contribution in [2.45, 2.75) is 30.8 Å². The number of hydrogen-bond donors (Lipinski definition) is 2. The number of carboxylic acids is 1. The van der Waals surface area contributed by atoms with Gasteiger partial charge in [-0.1, -0.05) is 18.2 Å². The van der Waals surface area contributed by atoms with Gasteiger partial charge < -0.3 is 5.11 Å². The van der Waals surface area contributed by atoms with Crippen molar-refractivity contribution < 1.29 is 31.5 Å². The van der Waals surface area contributed by atoms with Gasteiger partial charge in [0.1, 0.15) is 5.01 Å². The molecule has 2 N–H and O–H groups in total. The normalized spacial score (nSPS) is 12.1. The second-order valence-electron chi connectivity index (χ2n) is 7.00. The maximum absolute atomic E-state index is 12.7. The number of alkyl halides is 3. The standard InChI is InChI=1S/C21H19F3N2O4S2/c1-13-4-9-17(11-18(13)20(27)28)32(29,30)25-10-2-3-16-12-31-19(26-16)14-5-7-15(8-6-14)21(22,23)24/h4-9,11-12,25H,2-3,10H2,1H3,(H,27,28). The zero-order valence-corrected chi connectivity index (χ0v) is 18.4. The third-order valence-corrected chi connectivity index (χ3v) is 7.06. The number of sulfonamides is 1. The summed E-state index contributed by atoms with van der Waals surface area (Å²) in [5.74, 6) is -1.20. The molecule has 0 fully saturated rings. The number of thiazole rings is 1. The van der Waals surface area contributed by atoms with E-state index in [0.29, 0.717) is 34.7 Å². The zero-order chi connectivity index (χ0) is 23.5. The minimum atomic E-state index is -4.40. The SMILES string of the molecule is Cc1ccc(S(=O)(=O)NCCCc2csc(-c3ccc(C(F)(F)F)cc3)n2)cc1C(=O)O. The van der Waals surface area contributed by atoms with Crippen LogP contribution >= 0.6 is 11.3 Å². The van der Waals surface area contributed by atoms with E-state index in [4.69, 9.17) is 5.11 Å². The summed E-state index contributed by atoms with van der Waals surface area (Å²) in [4.78, 5) is 15.5. The molecule has 3 rings (SSSR count). The van der Waals surface area contributed by atoms with Crippen LogP contribution < -0.4 is 4.72 Å². The molecule has 1 heterocycles. The van der Waals surface area contributed by atoms with Crippen LogP contribution in [0, 0.1) is 6.92 Å². The van der Waals surface area contributed by atoms with Crippen molar-refractivity contribution in [3.05, 3.63) is 70.2 Å². The van der Waals surface area contributed by atoms with Gasteiger partial charge in [0.2, 0.25) is 10.0 Å². The van der Waals surface area contributed by atoms with Crippen molar-refractivity contribution in [1.29, 1.82) is 0 Å². The maximum Gasteiger partial charge on any atom is 0.416 e. The van der Waals surface area contributed by atoms with E-state index in [1.54, 1.807) is 12.3 Å². The summed E-state index contributed by atoms with van der Waals surface area (Å²) in [6.45, 7) is 1.70. The first-order valence-corrected chi connectivity index (χ1v) is 11.8. The molecule has 11 heteroatoms. The van der Waals surface area contributed by atoms with Gasteiger partial charge >= 0.3 is 12.1 Å². The predicted octanol–water partition coefficient (Wildman–Crippen LogP) is 4.75. The highest BCUT2D eigenvalue weighted by Gasteiger charge is 2.30. The number of hydrogen-bond acceptors (Lipinski definition) is 5. The molecule has 1 aromatic heterocycles. The lowest BCUT2D eigenvalue weighted by atomic mass is 10.1. The summed E-state index contributed by atoms with van der Waals surface area (Å²) < 4.78 is 65.3. The van der Waals surface area contributed by atoms with E-state index in [2.05, 4.69) is 9.71 Å². The van der Waals surface area contributed by atoms with Crippen LogP contribution in [0.4, 0.5) is 13.2 Å². The first-order chi connectivity index (χ1) is 15.0. The monoisotopic (exact) mass is 484 g/mol. The van der Waals surface area contributed by atoms with Gasteiger partial charge in [-0.3, -0.25) is 0 Å². The smallest absolute Gasteiger partial charge is 0.416 e. The number of carboxylic acid groups (broad SMARTS) is 1. The third-order valence-electron chi connectivity index (χ3n) is 4.66. The number of aryl methyl sites for hydroxylation is 2. The Balaban J connectivity index is 1.57. The number of nitrogens with one attached hydrogen (secondary N) is 1. The lowest BCUT2D eigenvalue weighted by molar-refractivity contribution is -0.137. The van der Waals surface area contributed by atoms with Gasteiger partial charge in [-0.15, -0.1) is 11.3 Å². The van der Waals surface area contributed by atoms with Crippen LogP contribution in [0.5, 0.6) is 0 Å². The molecule has 6 nitrogen and oxygen atoms in total. The average molecular weight is 485 g/mol. The topological polar surface area (TPSA) is 96.4 Å². The Labute approximate surface area is 186 Å². The number of aromatic nitrogens is 1. The second-order valence-corrected chi connectivity index (χ2v) is 9.63. The molecule has 32 heavy (non-hydrogen) atoms. The lowest BCUT2D eigenvalue weighted by Crippen LogP contribution is -2.25. The van der Waals surface area contributed by atoms with Gasteiger partial charge in [0.25, 0.3) is 0 Å². The molecule has 0 aliphatic carbocycles. The first kappa shape index (κ1) is 23.9. The molecule has 0 saturated heterocycles. The van der Waals surface area contributed by atoms with Gasteiger partial charge in [-0.25, -0.2) is 22.9 Å². The van der Waals surface area contributed by atoms with E-state index in [-0.39, 0.29) is 17.0 Å². The minimum absolute atomic E-state index is 0.0776. The highest BCUT2D eigenvalue weighted by atomic mass is 32.2. The van der Waals surface area contributed by atoms with Gasteiger partial charge in [0.15, 0.2) is 0 Å². The Hall–Kier alpha value is -2.76. The number of rotatable bonds is 8. The quantitative estimate of drug-likeness (QED) is 0.450. The Morgan fingerprint density at radius 1 is 1.16 bits per heavy atom. The fourth-order valence-electron chi connectivity index (χ4n) is 2.91. The molecule has 0 amide bonds. The second kappa shape index (κ2) is 9.39. The summed E-state index contributed by atoms with van der Waals surface area (Å²) in [5, 5.41) is 11.5. The summed E-state index contributed by atoms with van der Waals surface area (Å²) >= 11 is 1.30. The van der Waals surface area contributed by atoms with Crippen LogP contribution in [-0.4, -0.2) is 31.0 Å². The molecule has 0 spiro atoms. The van der Waals surface area contributed by atoms with Gasteiger partial charge in [-0.05, 0) is 49.6 Å². The van der Waals surface area contributed by atoms with E-state index in [9.17, 15) is 26.4 Å². The van der Waals surface area contributed by atoms with Gasteiger partial charge in [0.05, 0.1) is 21.7 Å². The summed E-state index contributed by atoms with van der Waals surface area (Å²) in [7, 11) is -3.86. The van der Waals surface area contributed by atoms with E-state index in [1.165, 1.54) is 35.6 Å². The van der Waals surface area contributed by atoms with Crippen LogP contribution in [0.2, 0.25) is 0 Å². The Bertz CT molecular complexity index is 1220. The van der Waals surface area contributed by atoms with Crippen LogP contribution in [0.15, 0.2) is 52.7 Å². The Morgan fingerprint density at radius 3 is 2.47 bits per heavy atom. The lowest BCUT2D eigenvalue weighted by Gasteiger charge is -2.08. The fourth-order valence-corrected chi connectivity index (χ4v) is 4.87. The van der Waals surface area contributed by atoms with Crippen LogP contribution in [-0.2, 0) is 22.6 Å². The zero-order valence-electron chi connectivity index (χ0n) is 16.8. The Kier molecular flexibility index (Phi) is 7.01. The van der Waals surface area contributed by atoms with Gasteiger partial charge in [0, 0.05) is 17.5 Å². The van der Waals surface area contributed by atoms with Crippen LogP contribution in [0.25, 0.3) is 10.6 Å². The number of benzene rings is 2. The number of aromatic carboxylic acids is 1. The third kappa shape index (κ3) is 5.72. The molecule has 2 aromatic carbocycles. The van der Waals surface area contributed by atoms with E-state index >= 15 is 0 Å². The van der Waals surface area contributed by atoms with Crippen molar-refractivity contribution >= 4 is 27.3 Å². The van der Waals surface area contributed by atoms with Crippen molar-refractivity contribution in [3.8, 4) is 10.6 Å². The molecule has 3 aromatic rings. The largest absolute Gasteiger partial charge is 0.478 e. The first-order valence-electron chi connectivity index (χ1n) is 9.43. The Morgan fingerprint density at radius 2 is 1.84 bits per heavy atom. The molecule has 0 aliphatic rings. The summed E-state index contributed by atoms with van der Waals surface area (Å²) in [5.41, 5.74) is 0.931. The van der Waals surface area contributed by atoms with Crippen LogP contribution in [0.3, 0.4) is 0 Å². The number of nitrogens with zero attached hydrogens (tertiary/aromatic N) is 1. The number of carbonyl (C=O) groups is 1. The molecule has 170 valence electrons. The minimum Gasteiger partial charge on any atom is -0.478 e. The molecular weight excluding hydrogens is 465 g/mol. The van der Waals surface area contributed by atoms with Crippen molar-refractivity contribution in [1.82, 2.24) is 9.71 Å². The van der Waals surface area contributed by atoms with Crippen molar-refractivity contribution in [2.75, 3.05) is 6.54 Å². The van der Waals surface area contributed by atoms with E-state index in [1.807, 2.05) is 0 Å². The fraction of sp³-hybridized carbons (Fsp3) is 0.238. The molecular formula is C21H19F3N2O4S2. The molecule has 0 aliphatic heterocycles. The predicted molar refractivity (Wildman–Crippen MR) is 114 cm³/mol. The molecule has 0 bridgehead atoms. The van der Waals surface area contributed by atoms with Crippen molar-refractivity contribution in [2.24, 2.45) is 0 Å². The molecule has 0 radical (unpaired) electrons. The van der Waals surface area contributed by atoms with Crippen molar-refractivity contribution in [3.63, 3.8) is 0 Å². The molecule has 0 unspecified atom stereocenters. The molecule has 0 saturated carbocycles.